The number of halogens is 1. The molecule has 0 heterocycles. The standard InChI is InChI=1S/C17H22BrNO2/c1-13-8-10-17(12-20,11-9-13)19-16(21)7-6-14-4-2-3-5-15(14)18/h2-7,13,20H,8-12H2,1H3,(H,19,21). The van der Waals surface area contributed by atoms with Crippen LogP contribution in [0.1, 0.15) is 38.2 Å². The van der Waals surface area contributed by atoms with Gasteiger partial charge >= 0.3 is 0 Å². The Morgan fingerprint density at radius 1 is 1.43 bits per heavy atom. The van der Waals surface area contributed by atoms with Crippen LogP contribution in [0.25, 0.3) is 6.08 Å². The van der Waals surface area contributed by atoms with E-state index in [1.807, 2.05) is 24.3 Å². The molecular formula is C17H22BrNO2. The molecule has 1 aromatic carbocycles. The zero-order valence-electron chi connectivity index (χ0n) is 12.3. The minimum atomic E-state index is -0.443. The van der Waals surface area contributed by atoms with Crippen molar-refractivity contribution in [2.45, 2.75) is 38.1 Å². The molecule has 2 N–H and O–H groups in total. The van der Waals surface area contributed by atoms with Crippen molar-refractivity contribution in [2.75, 3.05) is 6.61 Å². The molecule has 0 bridgehead atoms. The minimum absolute atomic E-state index is 0.00827. The predicted octanol–water partition coefficient (Wildman–Crippen LogP) is 3.52. The Hall–Kier alpha value is -1.13. The summed E-state index contributed by atoms with van der Waals surface area (Å²) in [7, 11) is 0. The average Bonchev–Trinajstić information content (AvgIpc) is 2.49. The van der Waals surface area contributed by atoms with Crippen LogP contribution in [0.15, 0.2) is 34.8 Å². The van der Waals surface area contributed by atoms with Gasteiger partial charge in [-0.1, -0.05) is 41.1 Å². The number of hydrogen-bond donors (Lipinski definition) is 2. The fraction of sp³-hybridized carbons (Fsp3) is 0.471. The first-order valence-corrected chi connectivity index (χ1v) is 8.19. The van der Waals surface area contributed by atoms with Crippen molar-refractivity contribution in [3.05, 3.63) is 40.4 Å². The van der Waals surface area contributed by atoms with Gasteiger partial charge in [-0.25, -0.2) is 0 Å². The Bertz CT molecular complexity index is 519. The topological polar surface area (TPSA) is 49.3 Å². The number of benzene rings is 1. The number of aliphatic hydroxyl groups is 1. The van der Waals surface area contributed by atoms with Crippen molar-refractivity contribution >= 4 is 27.9 Å². The highest BCUT2D eigenvalue weighted by Gasteiger charge is 2.34. The number of amides is 1. The number of hydrogen-bond acceptors (Lipinski definition) is 2. The first-order chi connectivity index (χ1) is 10.0. The molecule has 0 spiro atoms. The predicted molar refractivity (Wildman–Crippen MR) is 88.8 cm³/mol. The van der Waals surface area contributed by atoms with Crippen molar-refractivity contribution < 1.29 is 9.90 Å². The fourth-order valence-electron chi connectivity index (χ4n) is 2.72. The van der Waals surface area contributed by atoms with Crippen LogP contribution in [0, 0.1) is 5.92 Å². The third-order valence-electron chi connectivity index (χ3n) is 4.24. The highest BCUT2D eigenvalue weighted by atomic mass is 79.9. The lowest BCUT2D eigenvalue weighted by Crippen LogP contribution is -2.52. The zero-order chi connectivity index (χ0) is 15.3. The van der Waals surface area contributed by atoms with Gasteiger partial charge < -0.3 is 10.4 Å². The molecule has 0 radical (unpaired) electrons. The molecule has 0 atom stereocenters. The van der Waals surface area contributed by atoms with E-state index in [0.29, 0.717) is 5.92 Å². The maximum Gasteiger partial charge on any atom is 0.244 e. The molecule has 0 unspecified atom stereocenters. The number of carbonyl (C=O) groups is 1. The second kappa shape index (κ2) is 7.23. The van der Waals surface area contributed by atoms with E-state index >= 15 is 0 Å². The molecule has 1 amide bonds. The normalized spacial score (nSPS) is 26.0. The molecular weight excluding hydrogens is 330 g/mol. The third-order valence-corrected chi connectivity index (χ3v) is 4.96. The van der Waals surface area contributed by atoms with E-state index in [-0.39, 0.29) is 12.5 Å². The molecule has 4 heteroatoms. The zero-order valence-corrected chi connectivity index (χ0v) is 13.9. The number of rotatable bonds is 4. The molecule has 0 saturated heterocycles. The summed E-state index contributed by atoms with van der Waals surface area (Å²) >= 11 is 3.45. The van der Waals surface area contributed by atoms with Gasteiger partial charge in [-0.15, -0.1) is 0 Å². The summed E-state index contributed by atoms with van der Waals surface area (Å²) in [5, 5.41) is 12.7. The van der Waals surface area contributed by atoms with E-state index in [2.05, 4.69) is 28.2 Å². The summed E-state index contributed by atoms with van der Waals surface area (Å²) in [5.41, 5.74) is 0.518. The van der Waals surface area contributed by atoms with Gasteiger partial charge in [0.2, 0.25) is 5.91 Å². The molecule has 114 valence electrons. The lowest BCUT2D eigenvalue weighted by atomic mass is 9.77. The van der Waals surface area contributed by atoms with Gasteiger partial charge in [0, 0.05) is 10.5 Å². The molecule has 1 saturated carbocycles. The quantitative estimate of drug-likeness (QED) is 0.815. The highest BCUT2D eigenvalue weighted by Crippen LogP contribution is 2.31. The fourth-order valence-corrected chi connectivity index (χ4v) is 3.13. The van der Waals surface area contributed by atoms with Crippen LogP contribution >= 0.6 is 15.9 Å². The van der Waals surface area contributed by atoms with Gasteiger partial charge in [-0.05, 0) is 49.3 Å². The van der Waals surface area contributed by atoms with Crippen LogP contribution in [0.4, 0.5) is 0 Å². The van der Waals surface area contributed by atoms with E-state index in [4.69, 9.17) is 0 Å². The van der Waals surface area contributed by atoms with E-state index < -0.39 is 5.54 Å². The van der Waals surface area contributed by atoms with Crippen LogP contribution in [0.2, 0.25) is 0 Å². The molecule has 1 aliphatic rings. The van der Waals surface area contributed by atoms with Gasteiger partial charge in [0.05, 0.1) is 12.1 Å². The molecule has 1 fully saturated rings. The third kappa shape index (κ3) is 4.42. The van der Waals surface area contributed by atoms with E-state index in [1.165, 1.54) is 6.08 Å². The Balaban J connectivity index is 1.99. The maximum absolute atomic E-state index is 12.1. The first kappa shape index (κ1) is 16.2. The smallest absolute Gasteiger partial charge is 0.244 e. The lowest BCUT2D eigenvalue weighted by molar-refractivity contribution is -0.119. The van der Waals surface area contributed by atoms with Crippen LogP contribution in [0.3, 0.4) is 0 Å². The Labute approximate surface area is 134 Å². The molecule has 0 aliphatic heterocycles. The van der Waals surface area contributed by atoms with Crippen LogP contribution in [-0.2, 0) is 4.79 Å². The van der Waals surface area contributed by atoms with E-state index in [9.17, 15) is 9.90 Å². The van der Waals surface area contributed by atoms with Crippen molar-refractivity contribution in [2.24, 2.45) is 5.92 Å². The lowest BCUT2D eigenvalue weighted by Gasteiger charge is -2.38. The number of nitrogens with one attached hydrogen (secondary N) is 1. The molecule has 1 aromatic rings. The van der Waals surface area contributed by atoms with Crippen LogP contribution in [-0.4, -0.2) is 23.2 Å². The summed E-state index contributed by atoms with van der Waals surface area (Å²) < 4.78 is 0.956. The van der Waals surface area contributed by atoms with Gasteiger partial charge in [0.25, 0.3) is 0 Å². The maximum atomic E-state index is 12.1. The van der Waals surface area contributed by atoms with Crippen molar-refractivity contribution in [3.63, 3.8) is 0 Å². The summed E-state index contributed by atoms with van der Waals surface area (Å²) in [6.45, 7) is 2.23. The summed E-state index contributed by atoms with van der Waals surface area (Å²) in [4.78, 5) is 12.1. The van der Waals surface area contributed by atoms with Gasteiger partial charge in [0.15, 0.2) is 0 Å². The second-order valence-electron chi connectivity index (χ2n) is 5.97. The highest BCUT2D eigenvalue weighted by molar-refractivity contribution is 9.10. The number of carbonyl (C=O) groups excluding carboxylic acids is 1. The summed E-state index contributed by atoms with van der Waals surface area (Å²) in [5.74, 6) is 0.534. The molecule has 2 rings (SSSR count). The van der Waals surface area contributed by atoms with Crippen molar-refractivity contribution in [1.29, 1.82) is 0 Å². The second-order valence-corrected chi connectivity index (χ2v) is 6.82. The van der Waals surface area contributed by atoms with Crippen molar-refractivity contribution in [3.8, 4) is 0 Å². The molecule has 1 aliphatic carbocycles. The van der Waals surface area contributed by atoms with Crippen LogP contribution in [0.5, 0.6) is 0 Å². The van der Waals surface area contributed by atoms with Crippen molar-refractivity contribution in [1.82, 2.24) is 5.32 Å². The van der Waals surface area contributed by atoms with E-state index in [1.54, 1.807) is 6.08 Å². The number of aliphatic hydroxyl groups excluding tert-OH is 1. The Morgan fingerprint density at radius 3 is 2.71 bits per heavy atom. The summed E-state index contributed by atoms with van der Waals surface area (Å²) in [6.07, 6.45) is 7.12. The average molecular weight is 352 g/mol. The monoisotopic (exact) mass is 351 g/mol. The Kier molecular flexibility index (Phi) is 5.59. The summed E-state index contributed by atoms with van der Waals surface area (Å²) in [6, 6.07) is 7.75. The van der Waals surface area contributed by atoms with Gasteiger partial charge in [-0.3, -0.25) is 4.79 Å². The van der Waals surface area contributed by atoms with Gasteiger partial charge in [-0.2, -0.15) is 0 Å². The molecule has 21 heavy (non-hydrogen) atoms. The first-order valence-electron chi connectivity index (χ1n) is 7.40. The van der Waals surface area contributed by atoms with E-state index in [0.717, 1.165) is 35.7 Å². The molecule has 3 nitrogen and oxygen atoms in total. The SMILES string of the molecule is CC1CCC(CO)(NC(=O)C=Cc2ccccc2Br)CC1. The van der Waals surface area contributed by atoms with Crippen LogP contribution < -0.4 is 5.32 Å². The Morgan fingerprint density at radius 2 is 2.10 bits per heavy atom. The largest absolute Gasteiger partial charge is 0.394 e. The minimum Gasteiger partial charge on any atom is -0.394 e. The van der Waals surface area contributed by atoms with Gasteiger partial charge in [0.1, 0.15) is 0 Å². The molecule has 0 aromatic heterocycles.